The summed E-state index contributed by atoms with van der Waals surface area (Å²) in [7, 11) is 0. The van der Waals surface area contributed by atoms with Gasteiger partial charge in [-0.3, -0.25) is 9.69 Å². The molecule has 0 radical (unpaired) electrons. The van der Waals surface area contributed by atoms with Gasteiger partial charge >= 0.3 is 0 Å². The van der Waals surface area contributed by atoms with Crippen molar-refractivity contribution in [1.82, 2.24) is 14.7 Å². The monoisotopic (exact) mass is 395 g/mol. The third-order valence-corrected chi connectivity index (χ3v) is 5.36. The highest BCUT2D eigenvalue weighted by Gasteiger charge is 2.20. The second-order valence-electron chi connectivity index (χ2n) is 7.34. The molecule has 0 spiro atoms. The maximum absolute atomic E-state index is 12.5. The molecule has 4 nitrogen and oxygen atoms in total. The van der Waals surface area contributed by atoms with Crippen LogP contribution in [-0.4, -0.2) is 27.8 Å². The number of benzene rings is 2. The normalized spacial score (nSPS) is 15.1. The van der Waals surface area contributed by atoms with E-state index >= 15 is 0 Å². The summed E-state index contributed by atoms with van der Waals surface area (Å²) in [6, 6.07) is 22.3. The van der Waals surface area contributed by atoms with E-state index in [2.05, 4.69) is 40.3 Å². The molecule has 1 aliphatic rings. The fourth-order valence-corrected chi connectivity index (χ4v) is 3.77. The Hall–Kier alpha value is -2.43. The molecule has 0 saturated carbocycles. The van der Waals surface area contributed by atoms with Gasteiger partial charge in [0.05, 0.1) is 6.20 Å². The van der Waals surface area contributed by atoms with Gasteiger partial charge in [-0.15, -0.1) is 12.4 Å². The Morgan fingerprint density at radius 1 is 0.893 bits per heavy atom. The van der Waals surface area contributed by atoms with Crippen LogP contribution in [0.25, 0.3) is 11.1 Å². The van der Waals surface area contributed by atoms with Crippen molar-refractivity contribution in [2.45, 2.75) is 25.9 Å². The summed E-state index contributed by atoms with van der Waals surface area (Å²) < 4.78 is 1.63. The standard InChI is InChI=1S/C23H25N3O.ClH/c27-23-15-22(21-9-5-2-6-10-21)16-24-26(23)18-20-11-13-25(14-12-20)17-19-7-3-1-4-8-19;/h1-10,15-16,20H,11-14,17-18H2;1H. The van der Waals surface area contributed by atoms with Crippen molar-refractivity contribution in [3.63, 3.8) is 0 Å². The number of likely N-dealkylation sites (tertiary alicyclic amines) is 1. The molecule has 1 saturated heterocycles. The summed E-state index contributed by atoms with van der Waals surface area (Å²) in [4.78, 5) is 15.0. The first-order valence-electron chi connectivity index (χ1n) is 9.67. The van der Waals surface area contributed by atoms with Gasteiger partial charge in [-0.25, -0.2) is 4.68 Å². The smallest absolute Gasteiger partial charge is 0.267 e. The van der Waals surface area contributed by atoms with Crippen molar-refractivity contribution in [1.29, 1.82) is 0 Å². The molecular weight excluding hydrogens is 370 g/mol. The lowest BCUT2D eigenvalue weighted by Crippen LogP contribution is -2.36. The van der Waals surface area contributed by atoms with Gasteiger partial charge in [0.1, 0.15) is 0 Å². The Labute approximate surface area is 172 Å². The SMILES string of the molecule is Cl.O=c1cc(-c2ccccc2)cnn1CC1CCN(Cc2ccccc2)CC1. The zero-order valence-corrected chi connectivity index (χ0v) is 16.7. The number of nitrogens with zero attached hydrogens (tertiary/aromatic N) is 3. The molecular formula is C23H26ClN3O. The first-order valence-corrected chi connectivity index (χ1v) is 9.67. The van der Waals surface area contributed by atoms with E-state index in [4.69, 9.17) is 0 Å². The van der Waals surface area contributed by atoms with Crippen molar-refractivity contribution >= 4 is 12.4 Å². The van der Waals surface area contributed by atoms with Crippen LogP contribution in [0.4, 0.5) is 0 Å². The van der Waals surface area contributed by atoms with E-state index in [1.54, 1.807) is 16.9 Å². The van der Waals surface area contributed by atoms with Crippen LogP contribution in [0, 0.1) is 5.92 Å². The molecule has 0 amide bonds. The second-order valence-corrected chi connectivity index (χ2v) is 7.34. The number of piperidine rings is 1. The molecule has 2 aromatic carbocycles. The Morgan fingerprint density at radius 3 is 2.18 bits per heavy atom. The van der Waals surface area contributed by atoms with E-state index in [1.807, 2.05) is 30.3 Å². The Morgan fingerprint density at radius 2 is 1.54 bits per heavy atom. The minimum absolute atomic E-state index is 0. The predicted molar refractivity (Wildman–Crippen MR) is 116 cm³/mol. The summed E-state index contributed by atoms with van der Waals surface area (Å²) in [5.41, 5.74) is 3.27. The minimum atomic E-state index is -0.0110. The third kappa shape index (κ3) is 5.09. The highest BCUT2D eigenvalue weighted by molar-refractivity contribution is 5.85. The molecule has 0 bridgehead atoms. The lowest BCUT2D eigenvalue weighted by Gasteiger charge is -2.32. The number of rotatable bonds is 5. The first kappa shape index (κ1) is 20.3. The highest BCUT2D eigenvalue weighted by Crippen LogP contribution is 2.20. The maximum Gasteiger partial charge on any atom is 0.267 e. The van der Waals surface area contributed by atoms with Crippen LogP contribution in [0.2, 0.25) is 0 Å². The molecule has 0 atom stereocenters. The highest BCUT2D eigenvalue weighted by atomic mass is 35.5. The summed E-state index contributed by atoms with van der Waals surface area (Å²) in [5.74, 6) is 0.518. The Balaban J connectivity index is 0.00000225. The van der Waals surface area contributed by atoms with Crippen LogP contribution in [0.1, 0.15) is 18.4 Å². The van der Waals surface area contributed by atoms with Gasteiger partial charge < -0.3 is 0 Å². The molecule has 3 aromatic rings. The van der Waals surface area contributed by atoms with Crippen molar-refractivity contribution in [2.75, 3.05) is 13.1 Å². The molecule has 4 rings (SSSR count). The van der Waals surface area contributed by atoms with E-state index in [-0.39, 0.29) is 18.0 Å². The number of hydrogen-bond acceptors (Lipinski definition) is 3. The zero-order valence-electron chi connectivity index (χ0n) is 15.9. The Bertz CT molecular complexity index is 919. The largest absolute Gasteiger partial charge is 0.299 e. The van der Waals surface area contributed by atoms with Gasteiger partial charge in [0.15, 0.2) is 0 Å². The van der Waals surface area contributed by atoms with E-state index in [0.717, 1.165) is 43.6 Å². The lowest BCUT2D eigenvalue weighted by molar-refractivity contribution is 0.163. The molecule has 1 fully saturated rings. The molecule has 0 unspecified atom stereocenters. The van der Waals surface area contributed by atoms with Gasteiger partial charge in [0.2, 0.25) is 0 Å². The van der Waals surface area contributed by atoms with Crippen LogP contribution in [0.5, 0.6) is 0 Å². The minimum Gasteiger partial charge on any atom is -0.299 e. The predicted octanol–water partition coefficient (Wildman–Crippen LogP) is 4.24. The van der Waals surface area contributed by atoms with Crippen LogP contribution in [-0.2, 0) is 13.1 Å². The quantitative estimate of drug-likeness (QED) is 0.648. The van der Waals surface area contributed by atoms with Crippen molar-refractivity contribution < 1.29 is 0 Å². The average Bonchev–Trinajstić information content (AvgIpc) is 2.72. The van der Waals surface area contributed by atoms with Crippen LogP contribution in [0.3, 0.4) is 0 Å². The van der Waals surface area contributed by atoms with Gasteiger partial charge in [-0.1, -0.05) is 60.7 Å². The summed E-state index contributed by atoms with van der Waals surface area (Å²) in [5, 5.41) is 4.43. The molecule has 146 valence electrons. The molecule has 28 heavy (non-hydrogen) atoms. The fraction of sp³-hybridized carbons (Fsp3) is 0.304. The van der Waals surface area contributed by atoms with Crippen LogP contribution in [0.15, 0.2) is 77.7 Å². The molecule has 5 heteroatoms. The van der Waals surface area contributed by atoms with Gasteiger partial charge in [-0.2, -0.15) is 5.10 Å². The number of aromatic nitrogens is 2. The van der Waals surface area contributed by atoms with Gasteiger partial charge in [-0.05, 0) is 43.0 Å². The number of halogens is 1. The molecule has 1 aliphatic heterocycles. The van der Waals surface area contributed by atoms with E-state index in [1.165, 1.54) is 5.56 Å². The van der Waals surface area contributed by atoms with Crippen molar-refractivity contribution in [3.05, 3.63) is 88.8 Å². The molecule has 0 aliphatic carbocycles. The molecule has 1 aromatic heterocycles. The van der Waals surface area contributed by atoms with Gasteiger partial charge in [0, 0.05) is 24.7 Å². The lowest BCUT2D eigenvalue weighted by atomic mass is 9.96. The maximum atomic E-state index is 12.5. The van der Waals surface area contributed by atoms with Crippen LogP contribution < -0.4 is 5.56 Å². The topological polar surface area (TPSA) is 38.1 Å². The van der Waals surface area contributed by atoms with Crippen LogP contribution >= 0.6 is 12.4 Å². The van der Waals surface area contributed by atoms with Gasteiger partial charge in [0.25, 0.3) is 5.56 Å². The summed E-state index contributed by atoms with van der Waals surface area (Å²) in [6.45, 7) is 3.89. The second kappa shape index (κ2) is 9.67. The van der Waals surface area contributed by atoms with E-state index in [9.17, 15) is 4.79 Å². The van der Waals surface area contributed by atoms with Crippen molar-refractivity contribution in [3.8, 4) is 11.1 Å². The van der Waals surface area contributed by atoms with Crippen molar-refractivity contribution in [2.24, 2.45) is 5.92 Å². The number of hydrogen-bond donors (Lipinski definition) is 0. The van der Waals surface area contributed by atoms with E-state index in [0.29, 0.717) is 12.5 Å². The zero-order chi connectivity index (χ0) is 18.5. The Kier molecular flexibility index (Phi) is 7.01. The average molecular weight is 396 g/mol. The summed E-state index contributed by atoms with van der Waals surface area (Å²) in [6.07, 6.45) is 4.03. The fourth-order valence-electron chi connectivity index (χ4n) is 3.77. The first-order chi connectivity index (χ1) is 13.3. The molecule has 2 heterocycles. The third-order valence-electron chi connectivity index (χ3n) is 5.36. The molecule has 0 N–H and O–H groups in total. The van der Waals surface area contributed by atoms with E-state index < -0.39 is 0 Å². The summed E-state index contributed by atoms with van der Waals surface area (Å²) >= 11 is 0.